The van der Waals surface area contributed by atoms with Gasteiger partial charge in [-0.25, -0.2) is 0 Å². The van der Waals surface area contributed by atoms with Gasteiger partial charge in [-0.2, -0.15) is 0 Å². The lowest BCUT2D eigenvalue weighted by molar-refractivity contribution is -0.384. The topological polar surface area (TPSA) is 97.4 Å². The van der Waals surface area contributed by atoms with Gasteiger partial charge in [0, 0.05) is 61.7 Å². The van der Waals surface area contributed by atoms with Crippen LogP contribution in [0.3, 0.4) is 0 Å². The van der Waals surface area contributed by atoms with E-state index in [0.717, 1.165) is 61.3 Å². The Morgan fingerprint density at radius 1 is 1.03 bits per heavy atom. The number of carbonyl (C=O) groups excluding carboxylic acids is 1. The maximum atomic E-state index is 12.6. The van der Waals surface area contributed by atoms with Gasteiger partial charge in [0.25, 0.3) is 5.69 Å². The number of nitro benzene ring substituents is 1. The van der Waals surface area contributed by atoms with E-state index in [0.29, 0.717) is 12.2 Å². The van der Waals surface area contributed by atoms with Crippen molar-refractivity contribution >= 4 is 23.4 Å². The molecule has 9 nitrogen and oxygen atoms in total. The summed E-state index contributed by atoms with van der Waals surface area (Å²) in [5.41, 5.74) is 1.69. The number of hydrogen-bond donors (Lipinski definition) is 0. The van der Waals surface area contributed by atoms with Crippen molar-refractivity contribution in [2.24, 2.45) is 0 Å². The number of amides is 1. The van der Waals surface area contributed by atoms with E-state index in [9.17, 15) is 14.9 Å². The molecule has 3 aromatic rings. The zero-order valence-electron chi connectivity index (χ0n) is 19.2. The van der Waals surface area contributed by atoms with Gasteiger partial charge in [-0.15, -0.1) is 10.2 Å². The van der Waals surface area contributed by atoms with E-state index in [-0.39, 0.29) is 11.6 Å². The standard InChI is InChI=1S/C24H28N6O3S/c1-2-27-14-16-28(17-15-27)22(31)9-6-18-34-24-26-25-23(29(24)20-7-4-3-5-8-20)19-10-12-21(13-11-19)30(32)33/h3-5,7-8,10-13H,2,6,9,14-18H2,1H3. The summed E-state index contributed by atoms with van der Waals surface area (Å²) in [6, 6.07) is 16.1. The molecule has 10 heteroatoms. The first-order valence-corrected chi connectivity index (χ1v) is 12.4. The molecule has 4 rings (SSSR count). The van der Waals surface area contributed by atoms with Gasteiger partial charge in [-0.1, -0.05) is 36.9 Å². The molecule has 2 heterocycles. The molecule has 0 N–H and O–H groups in total. The number of hydrogen-bond acceptors (Lipinski definition) is 7. The number of thioether (sulfide) groups is 1. The maximum Gasteiger partial charge on any atom is 0.269 e. The van der Waals surface area contributed by atoms with Gasteiger partial charge in [0.05, 0.1) is 4.92 Å². The number of rotatable bonds is 9. The second-order valence-electron chi connectivity index (χ2n) is 8.05. The van der Waals surface area contributed by atoms with Crippen molar-refractivity contribution in [2.75, 3.05) is 38.5 Å². The fraction of sp³-hybridized carbons (Fsp3) is 0.375. The Labute approximate surface area is 202 Å². The van der Waals surface area contributed by atoms with Gasteiger partial charge in [0.1, 0.15) is 0 Å². The molecule has 1 aromatic heterocycles. The number of benzene rings is 2. The van der Waals surface area contributed by atoms with Crippen LogP contribution in [0, 0.1) is 10.1 Å². The van der Waals surface area contributed by atoms with Gasteiger partial charge in [0.15, 0.2) is 11.0 Å². The SMILES string of the molecule is CCN1CCN(C(=O)CCCSc2nnc(-c3ccc([N+](=O)[O-])cc3)n2-c2ccccc2)CC1. The number of para-hydroxylation sites is 1. The molecule has 0 spiro atoms. The normalized spacial score (nSPS) is 14.3. The van der Waals surface area contributed by atoms with Crippen molar-refractivity contribution in [1.29, 1.82) is 0 Å². The van der Waals surface area contributed by atoms with Gasteiger partial charge in [-0.3, -0.25) is 19.5 Å². The quantitative estimate of drug-likeness (QED) is 0.198. The van der Waals surface area contributed by atoms with Gasteiger partial charge >= 0.3 is 0 Å². The fourth-order valence-electron chi connectivity index (χ4n) is 3.95. The first-order valence-electron chi connectivity index (χ1n) is 11.5. The van der Waals surface area contributed by atoms with E-state index in [2.05, 4.69) is 22.0 Å². The van der Waals surface area contributed by atoms with Gasteiger partial charge in [-0.05, 0) is 37.2 Å². The van der Waals surface area contributed by atoms with Crippen molar-refractivity contribution in [2.45, 2.75) is 24.9 Å². The van der Waals surface area contributed by atoms with Crippen LogP contribution in [0.15, 0.2) is 59.8 Å². The molecule has 0 atom stereocenters. The number of non-ortho nitro benzene ring substituents is 1. The molecule has 178 valence electrons. The van der Waals surface area contributed by atoms with Crippen LogP contribution in [0.1, 0.15) is 19.8 Å². The van der Waals surface area contributed by atoms with E-state index in [1.54, 1.807) is 23.9 Å². The van der Waals surface area contributed by atoms with Crippen LogP contribution in [0.5, 0.6) is 0 Å². The van der Waals surface area contributed by atoms with E-state index in [1.165, 1.54) is 12.1 Å². The summed E-state index contributed by atoms with van der Waals surface area (Å²) < 4.78 is 1.96. The Morgan fingerprint density at radius 3 is 2.38 bits per heavy atom. The summed E-state index contributed by atoms with van der Waals surface area (Å²) in [5.74, 6) is 1.58. The number of likely N-dealkylation sites (N-methyl/N-ethyl adjacent to an activating group) is 1. The predicted molar refractivity (Wildman–Crippen MR) is 132 cm³/mol. The minimum atomic E-state index is -0.419. The zero-order chi connectivity index (χ0) is 23.9. The third-order valence-corrected chi connectivity index (χ3v) is 6.94. The number of piperazine rings is 1. The first kappa shape index (κ1) is 23.9. The second-order valence-corrected chi connectivity index (χ2v) is 9.11. The Balaban J connectivity index is 1.43. The molecule has 0 unspecified atom stereocenters. The third-order valence-electron chi connectivity index (χ3n) is 5.92. The van der Waals surface area contributed by atoms with Crippen LogP contribution < -0.4 is 0 Å². The molecule has 1 fully saturated rings. The van der Waals surface area contributed by atoms with Gasteiger partial charge < -0.3 is 9.80 Å². The maximum absolute atomic E-state index is 12.6. The van der Waals surface area contributed by atoms with Crippen LogP contribution in [0.2, 0.25) is 0 Å². The highest BCUT2D eigenvalue weighted by Crippen LogP contribution is 2.29. The lowest BCUT2D eigenvalue weighted by atomic mass is 10.2. The predicted octanol–water partition coefficient (Wildman–Crippen LogP) is 3.88. The van der Waals surface area contributed by atoms with Crippen molar-refractivity contribution in [3.63, 3.8) is 0 Å². The highest BCUT2D eigenvalue weighted by molar-refractivity contribution is 7.99. The highest BCUT2D eigenvalue weighted by Gasteiger charge is 2.20. The monoisotopic (exact) mass is 480 g/mol. The fourth-order valence-corrected chi connectivity index (χ4v) is 4.84. The molecule has 2 aromatic carbocycles. The Hall–Kier alpha value is -3.24. The average molecular weight is 481 g/mol. The Bertz CT molecular complexity index is 1110. The van der Waals surface area contributed by atoms with E-state index < -0.39 is 4.92 Å². The summed E-state index contributed by atoms with van der Waals surface area (Å²) in [5, 5.41) is 20.5. The minimum Gasteiger partial charge on any atom is -0.340 e. The molecular formula is C24H28N6O3S. The minimum absolute atomic E-state index is 0.0323. The number of aromatic nitrogens is 3. The molecule has 0 aliphatic carbocycles. The molecule has 0 radical (unpaired) electrons. The first-order chi connectivity index (χ1) is 16.6. The summed E-state index contributed by atoms with van der Waals surface area (Å²) in [4.78, 5) is 27.5. The van der Waals surface area contributed by atoms with E-state index in [1.807, 2.05) is 39.8 Å². The lowest BCUT2D eigenvalue weighted by Crippen LogP contribution is -2.48. The summed E-state index contributed by atoms with van der Waals surface area (Å²) in [7, 11) is 0. The Morgan fingerprint density at radius 2 is 1.74 bits per heavy atom. The molecule has 0 bridgehead atoms. The molecule has 0 saturated carbocycles. The lowest BCUT2D eigenvalue weighted by Gasteiger charge is -2.34. The molecule has 1 amide bonds. The summed E-state index contributed by atoms with van der Waals surface area (Å²) in [6.45, 7) is 6.69. The van der Waals surface area contributed by atoms with E-state index in [4.69, 9.17) is 0 Å². The zero-order valence-corrected chi connectivity index (χ0v) is 20.0. The molecule has 34 heavy (non-hydrogen) atoms. The van der Waals surface area contributed by atoms with Crippen molar-refractivity contribution in [1.82, 2.24) is 24.6 Å². The van der Waals surface area contributed by atoms with Crippen molar-refractivity contribution in [3.8, 4) is 17.1 Å². The van der Waals surface area contributed by atoms with Crippen molar-refractivity contribution in [3.05, 3.63) is 64.7 Å². The smallest absolute Gasteiger partial charge is 0.269 e. The number of nitro groups is 1. The molecule has 1 saturated heterocycles. The van der Waals surface area contributed by atoms with Crippen molar-refractivity contribution < 1.29 is 9.72 Å². The number of carbonyl (C=O) groups is 1. The van der Waals surface area contributed by atoms with Crippen LogP contribution in [0.4, 0.5) is 5.69 Å². The number of nitrogens with zero attached hydrogens (tertiary/aromatic N) is 6. The van der Waals surface area contributed by atoms with Crippen LogP contribution in [-0.2, 0) is 4.79 Å². The second kappa shape index (κ2) is 11.3. The van der Waals surface area contributed by atoms with Crippen LogP contribution in [-0.4, -0.2) is 73.9 Å². The van der Waals surface area contributed by atoms with Crippen LogP contribution >= 0.6 is 11.8 Å². The van der Waals surface area contributed by atoms with Crippen LogP contribution in [0.25, 0.3) is 17.1 Å². The van der Waals surface area contributed by atoms with E-state index >= 15 is 0 Å². The van der Waals surface area contributed by atoms with Gasteiger partial charge in [0.2, 0.25) is 5.91 Å². The highest BCUT2D eigenvalue weighted by atomic mass is 32.2. The molecule has 1 aliphatic rings. The average Bonchev–Trinajstić information content (AvgIpc) is 3.31. The largest absolute Gasteiger partial charge is 0.340 e. The third kappa shape index (κ3) is 5.63. The summed E-state index contributed by atoms with van der Waals surface area (Å²) >= 11 is 1.56. The Kier molecular flexibility index (Phi) is 7.91. The molecule has 1 aliphatic heterocycles. The molecular weight excluding hydrogens is 452 g/mol. The summed E-state index contributed by atoms with van der Waals surface area (Å²) in [6.07, 6.45) is 1.28.